The molecule has 2 heterocycles. The van der Waals surface area contributed by atoms with Gasteiger partial charge in [0.25, 0.3) is 5.91 Å². The minimum atomic E-state index is -0.0781. The van der Waals surface area contributed by atoms with Crippen molar-refractivity contribution in [2.45, 2.75) is 44.5 Å². The van der Waals surface area contributed by atoms with Gasteiger partial charge in [0.1, 0.15) is 5.69 Å². The van der Waals surface area contributed by atoms with Gasteiger partial charge in [-0.15, -0.1) is 0 Å². The van der Waals surface area contributed by atoms with Crippen molar-refractivity contribution in [3.63, 3.8) is 0 Å². The van der Waals surface area contributed by atoms with E-state index in [1.54, 1.807) is 0 Å². The monoisotopic (exact) mass is 341 g/mol. The van der Waals surface area contributed by atoms with E-state index in [1.807, 2.05) is 23.8 Å². The summed E-state index contributed by atoms with van der Waals surface area (Å²) in [5.41, 5.74) is 6.83. The van der Waals surface area contributed by atoms with Gasteiger partial charge >= 0.3 is 0 Å². The number of ether oxygens (including phenoxy) is 1. The Bertz CT molecular complexity index is 517. The molecule has 0 aromatic carbocycles. The zero-order chi connectivity index (χ0) is 14.3. The maximum atomic E-state index is 12.4. The summed E-state index contributed by atoms with van der Waals surface area (Å²) < 4.78 is 8.58. The van der Waals surface area contributed by atoms with E-state index in [-0.39, 0.29) is 24.1 Å². The summed E-state index contributed by atoms with van der Waals surface area (Å²) in [6.07, 6.45) is 4.18. The first kappa shape index (κ1) is 14.1. The average Bonchev–Trinajstić information content (AvgIpc) is 2.85. The number of hydrogen-bond donors (Lipinski definition) is 2. The van der Waals surface area contributed by atoms with Crippen molar-refractivity contribution in [3.8, 4) is 0 Å². The Labute approximate surface area is 127 Å². The number of amides is 1. The Morgan fingerprint density at radius 2 is 2.45 bits per heavy atom. The highest BCUT2D eigenvalue weighted by Crippen LogP contribution is 2.37. The van der Waals surface area contributed by atoms with Crippen molar-refractivity contribution in [1.29, 1.82) is 0 Å². The van der Waals surface area contributed by atoms with Gasteiger partial charge in [-0.1, -0.05) is 0 Å². The zero-order valence-corrected chi connectivity index (χ0v) is 13.1. The molecule has 3 N–H and O–H groups in total. The molecule has 0 bridgehead atoms. The molecule has 1 aromatic rings. The van der Waals surface area contributed by atoms with Gasteiger partial charge in [-0.2, -0.15) is 0 Å². The molecule has 1 saturated carbocycles. The van der Waals surface area contributed by atoms with Gasteiger partial charge in [0.2, 0.25) is 0 Å². The van der Waals surface area contributed by atoms with Crippen LogP contribution in [0.2, 0.25) is 0 Å². The Balaban J connectivity index is 1.70. The Morgan fingerprint density at radius 3 is 3.20 bits per heavy atom. The number of hydrogen-bond acceptors (Lipinski definition) is 3. The third kappa shape index (κ3) is 2.29. The highest BCUT2D eigenvalue weighted by molar-refractivity contribution is 9.10. The van der Waals surface area contributed by atoms with Gasteiger partial charge in [0.05, 0.1) is 12.1 Å². The number of nitrogens with one attached hydrogen (secondary N) is 1. The lowest BCUT2D eigenvalue weighted by Crippen LogP contribution is -2.72. The third-order valence-electron chi connectivity index (χ3n) is 4.41. The fraction of sp³-hybridized carbons (Fsp3) is 0.643. The normalized spacial score (nSPS) is 32.4. The average molecular weight is 342 g/mol. The van der Waals surface area contributed by atoms with Crippen molar-refractivity contribution in [2.75, 3.05) is 6.61 Å². The second kappa shape index (κ2) is 5.50. The number of aryl methyl sites for hydroxylation is 1. The topological polar surface area (TPSA) is 69.3 Å². The highest BCUT2D eigenvalue weighted by Gasteiger charge is 2.51. The summed E-state index contributed by atoms with van der Waals surface area (Å²) in [5, 5.41) is 3.04. The third-order valence-corrected chi connectivity index (χ3v) is 4.85. The minimum Gasteiger partial charge on any atom is -0.376 e. The Kier molecular flexibility index (Phi) is 3.88. The number of aromatic nitrogens is 1. The molecule has 2 fully saturated rings. The first-order valence-electron chi connectivity index (χ1n) is 7.15. The van der Waals surface area contributed by atoms with Gasteiger partial charge in [-0.25, -0.2) is 0 Å². The molecular weight excluding hydrogens is 322 g/mol. The van der Waals surface area contributed by atoms with E-state index in [0.29, 0.717) is 11.6 Å². The van der Waals surface area contributed by atoms with Crippen LogP contribution in [0.15, 0.2) is 16.7 Å². The van der Waals surface area contributed by atoms with E-state index in [4.69, 9.17) is 10.5 Å². The lowest BCUT2D eigenvalue weighted by Gasteiger charge is -2.52. The molecular formula is C14H20BrN3O2. The van der Waals surface area contributed by atoms with Crippen LogP contribution < -0.4 is 11.1 Å². The first-order valence-corrected chi connectivity index (χ1v) is 7.95. The number of carbonyl (C=O) groups is 1. The number of halogens is 1. The van der Waals surface area contributed by atoms with E-state index in [9.17, 15) is 4.79 Å². The molecule has 1 saturated heterocycles. The standard InChI is InChI=1S/C14H20BrN3O2/c1-2-18-7-8(15)6-10(18)14(19)17-12-11(16)9-4-3-5-20-13(9)12/h6-7,9,11-13H,2-5,16H2,1H3,(H,17,19). The predicted octanol–water partition coefficient (Wildman–Crippen LogP) is 1.50. The summed E-state index contributed by atoms with van der Waals surface area (Å²) >= 11 is 3.41. The molecule has 1 amide bonds. The molecule has 4 atom stereocenters. The van der Waals surface area contributed by atoms with Crippen LogP contribution >= 0.6 is 15.9 Å². The summed E-state index contributed by atoms with van der Waals surface area (Å²) in [4.78, 5) is 12.4. The van der Waals surface area contributed by atoms with E-state index in [0.717, 1.165) is 30.5 Å². The SMILES string of the molecule is CCn1cc(Br)cc1C(=O)NC1C(N)C2CCCOC21. The molecule has 110 valence electrons. The summed E-state index contributed by atoms with van der Waals surface area (Å²) in [6, 6.07) is 1.78. The van der Waals surface area contributed by atoms with Crippen molar-refractivity contribution in [3.05, 3.63) is 22.4 Å². The van der Waals surface area contributed by atoms with Crippen LogP contribution in [0.1, 0.15) is 30.3 Å². The molecule has 1 aromatic heterocycles. The van der Waals surface area contributed by atoms with Crippen LogP contribution in [0.3, 0.4) is 0 Å². The maximum absolute atomic E-state index is 12.4. The van der Waals surface area contributed by atoms with Crippen LogP contribution in [0.25, 0.3) is 0 Å². The molecule has 0 spiro atoms. The van der Waals surface area contributed by atoms with Gasteiger partial charge < -0.3 is 20.4 Å². The van der Waals surface area contributed by atoms with Crippen LogP contribution in [-0.4, -0.2) is 35.3 Å². The van der Waals surface area contributed by atoms with Gasteiger partial charge in [0.15, 0.2) is 0 Å². The fourth-order valence-electron chi connectivity index (χ4n) is 3.28. The van der Waals surface area contributed by atoms with Gasteiger partial charge in [0, 0.05) is 35.8 Å². The molecule has 1 aliphatic heterocycles. The fourth-order valence-corrected chi connectivity index (χ4v) is 3.74. The second-order valence-electron chi connectivity index (χ2n) is 5.55. The molecule has 2 aliphatic rings. The number of carbonyl (C=O) groups excluding carboxylic acids is 1. The van der Waals surface area contributed by atoms with Crippen molar-refractivity contribution >= 4 is 21.8 Å². The zero-order valence-electron chi connectivity index (χ0n) is 11.5. The molecule has 1 aliphatic carbocycles. The van der Waals surface area contributed by atoms with Gasteiger partial charge in [-0.3, -0.25) is 4.79 Å². The van der Waals surface area contributed by atoms with Crippen molar-refractivity contribution in [2.24, 2.45) is 11.7 Å². The molecule has 0 radical (unpaired) electrons. The van der Waals surface area contributed by atoms with Crippen molar-refractivity contribution < 1.29 is 9.53 Å². The van der Waals surface area contributed by atoms with E-state index in [2.05, 4.69) is 21.2 Å². The van der Waals surface area contributed by atoms with Gasteiger partial charge in [-0.05, 0) is 41.8 Å². The van der Waals surface area contributed by atoms with E-state index >= 15 is 0 Å². The Hall–Kier alpha value is -0.850. The van der Waals surface area contributed by atoms with Crippen molar-refractivity contribution in [1.82, 2.24) is 9.88 Å². The first-order chi connectivity index (χ1) is 9.61. The lowest BCUT2D eigenvalue weighted by atomic mass is 9.68. The number of nitrogens with zero attached hydrogens (tertiary/aromatic N) is 1. The van der Waals surface area contributed by atoms with Crippen LogP contribution in [0, 0.1) is 5.92 Å². The number of fused-ring (bicyclic) bond motifs is 1. The maximum Gasteiger partial charge on any atom is 0.268 e. The smallest absolute Gasteiger partial charge is 0.268 e. The summed E-state index contributed by atoms with van der Waals surface area (Å²) in [5.74, 6) is 0.323. The van der Waals surface area contributed by atoms with Crippen LogP contribution in [0.5, 0.6) is 0 Å². The Morgan fingerprint density at radius 1 is 1.65 bits per heavy atom. The quantitative estimate of drug-likeness (QED) is 0.875. The molecule has 3 rings (SSSR count). The molecule has 4 unspecified atom stereocenters. The largest absolute Gasteiger partial charge is 0.376 e. The molecule has 5 nitrogen and oxygen atoms in total. The van der Waals surface area contributed by atoms with E-state index < -0.39 is 0 Å². The number of nitrogens with two attached hydrogens (primary N) is 1. The lowest BCUT2D eigenvalue weighted by molar-refractivity contribution is -0.117. The predicted molar refractivity (Wildman–Crippen MR) is 79.5 cm³/mol. The molecule has 6 heteroatoms. The van der Waals surface area contributed by atoms with E-state index in [1.165, 1.54) is 0 Å². The highest BCUT2D eigenvalue weighted by atomic mass is 79.9. The second-order valence-corrected chi connectivity index (χ2v) is 6.46. The minimum absolute atomic E-state index is 0.0118. The van der Waals surface area contributed by atoms with Crippen LogP contribution in [0.4, 0.5) is 0 Å². The molecule has 20 heavy (non-hydrogen) atoms. The number of rotatable bonds is 3. The van der Waals surface area contributed by atoms with Crippen LogP contribution in [-0.2, 0) is 11.3 Å². The summed E-state index contributed by atoms with van der Waals surface area (Å²) in [7, 11) is 0. The summed E-state index contributed by atoms with van der Waals surface area (Å²) in [6.45, 7) is 3.54.